The molecule has 2 heterocycles. The highest BCUT2D eigenvalue weighted by Crippen LogP contribution is 2.17. The molecule has 0 aromatic carbocycles. The fraction of sp³-hybridized carbons (Fsp3) is 0.786. The van der Waals surface area contributed by atoms with Gasteiger partial charge in [0.25, 0.3) is 0 Å². The zero-order valence-corrected chi connectivity index (χ0v) is 11.4. The highest BCUT2D eigenvalue weighted by Gasteiger charge is 2.19. The third kappa shape index (κ3) is 3.09. The molecule has 2 rings (SSSR count). The third-order valence-corrected chi connectivity index (χ3v) is 3.74. The van der Waals surface area contributed by atoms with Gasteiger partial charge in [-0.1, -0.05) is 13.3 Å². The van der Waals surface area contributed by atoms with Crippen molar-refractivity contribution in [3.8, 4) is 0 Å². The van der Waals surface area contributed by atoms with Crippen LogP contribution in [0.25, 0.3) is 0 Å². The van der Waals surface area contributed by atoms with Gasteiger partial charge in [0.05, 0.1) is 5.69 Å². The molecule has 1 aromatic rings. The molecule has 2 atom stereocenters. The van der Waals surface area contributed by atoms with Crippen molar-refractivity contribution in [3.05, 3.63) is 17.5 Å². The molecule has 17 heavy (non-hydrogen) atoms. The van der Waals surface area contributed by atoms with E-state index < -0.39 is 0 Å². The first-order chi connectivity index (χ1) is 8.22. The summed E-state index contributed by atoms with van der Waals surface area (Å²) in [6.45, 7) is 7.62. The lowest BCUT2D eigenvalue weighted by molar-refractivity contribution is 0.329. The van der Waals surface area contributed by atoms with Crippen LogP contribution in [0.3, 0.4) is 0 Å². The van der Waals surface area contributed by atoms with E-state index in [1.807, 2.05) is 0 Å². The fourth-order valence-corrected chi connectivity index (χ4v) is 2.78. The molecule has 3 heteroatoms. The van der Waals surface area contributed by atoms with E-state index in [0.717, 1.165) is 19.4 Å². The van der Waals surface area contributed by atoms with Crippen LogP contribution in [-0.2, 0) is 19.4 Å². The molecule has 1 aliphatic heterocycles. The second-order valence-electron chi connectivity index (χ2n) is 5.20. The van der Waals surface area contributed by atoms with E-state index in [0.29, 0.717) is 12.1 Å². The van der Waals surface area contributed by atoms with Crippen molar-refractivity contribution in [2.45, 2.75) is 71.5 Å². The normalized spacial score (nSPS) is 25.1. The maximum Gasteiger partial charge on any atom is 0.0624 e. The average molecular weight is 235 g/mol. The topological polar surface area (TPSA) is 29.9 Å². The minimum atomic E-state index is 0.644. The Hall–Kier alpha value is -0.830. The minimum absolute atomic E-state index is 0.644. The van der Waals surface area contributed by atoms with Gasteiger partial charge in [0.2, 0.25) is 0 Å². The van der Waals surface area contributed by atoms with E-state index in [1.165, 1.54) is 30.7 Å². The lowest BCUT2D eigenvalue weighted by atomic mass is 9.96. The molecular weight excluding hydrogens is 210 g/mol. The fourth-order valence-electron chi connectivity index (χ4n) is 2.78. The molecule has 0 radical (unpaired) electrons. The van der Waals surface area contributed by atoms with E-state index in [2.05, 4.69) is 41.9 Å². The molecular formula is C14H25N3. The van der Waals surface area contributed by atoms with E-state index in [-0.39, 0.29) is 0 Å². The van der Waals surface area contributed by atoms with Gasteiger partial charge in [-0.15, -0.1) is 0 Å². The molecule has 2 unspecified atom stereocenters. The molecule has 3 nitrogen and oxygen atoms in total. The van der Waals surface area contributed by atoms with Crippen LogP contribution in [-0.4, -0.2) is 21.9 Å². The Balaban J connectivity index is 2.03. The summed E-state index contributed by atoms with van der Waals surface area (Å²) >= 11 is 0. The van der Waals surface area contributed by atoms with Crippen LogP contribution in [0.4, 0.5) is 0 Å². The van der Waals surface area contributed by atoms with E-state index in [9.17, 15) is 0 Å². The Morgan fingerprint density at radius 3 is 2.88 bits per heavy atom. The van der Waals surface area contributed by atoms with Crippen molar-refractivity contribution >= 4 is 0 Å². The number of rotatable bonds is 4. The molecule has 0 spiro atoms. The van der Waals surface area contributed by atoms with Gasteiger partial charge in [0.15, 0.2) is 0 Å². The highest BCUT2D eigenvalue weighted by molar-refractivity contribution is 5.12. The average Bonchev–Trinajstić information content (AvgIpc) is 2.71. The van der Waals surface area contributed by atoms with E-state index in [1.54, 1.807) is 0 Å². The highest BCUT2D eigenvalue weighted by atomic mass is 15.3. The van der Waals surface area contributed by atoms with Crippen LogP contribution >= 0.6 is 0 Å². The second-order valence-corrected chi connectivity index (χ2v) is 5.20. The maximum absolute atomic E-state index is 4.62. The Morgan fingerprint density at radius 2 is 2.24 bits per heavy atom. The molecule has 0 amide bonds. The first-order valence-corrected chi connectivity index (χ1v) is 7.04. The number of piperidine rings is 1. The zero-order chi connectivity index (χ0) is 12.3. The molecule has 1 aromatic heterocycles. The van der Waals surface area contributed by atoms with Crippen LogP contribution in [0, 0.1) is 0 Å². The number of hydrogen-bond acceptors (Lipinski definition) is 2. The van der Waals surface area contributed by atoms with Crippen LogP contribution in [0.1, 0.15) is 51.4 Å². The van der Waals surface area contributed by atoms with Crippen LogP contribution < -0.4 is 5.32 Å². The molecule has 96 valence electrons. The smallest absolute Gasteiger partial charge is 0.0624 e. The first-order valence-electron chi connectivity index (χ1n) is 7.04. The van der Waals surface area contributed by atoms with Gasteiger partial charge >= 0.3 is 0 Å². The molecule has 1 fully saturated rings. The quantitative estimate of drug-likeness (QED) is 0.869. The summed E-state index contributed by atoms with van der Waals surface area (Å²) in [5, 5.41) is 8.32. The standard InChI is InChI=1S/C14H25N3/c1-4-12-9-14(17(5-2)16-12)10-13-8-6-7-11(3)15-13/h9,11,13,15H,4-8,10H2,1-3H3. The van der Waals surface area contributed by atoms with Crippen LogP contribution in [0.15, 0.2) is 6.07 Å². The lowest BCUT2D eigenvalue weighted by Gasteiger charge is -2.28. The minimum Gasteiger partial charge on any atom is -0.311 e. The number of aromatic nitrogens is 2. The van der Waals surface area contributed by atoms with Gasteiger partial charge in [-0.2, -0.15) is 5.10 Å². The number of nitrogens with zero attached hydrogens (tertiary/aromatic N) is 2. The summed E-state index contributed by atoms with van der Waals surface area (Å²) < 4.78 is 2.17. The van der Waals surface area contributed by atoms with Crippen molar-refractivity contribution in [1.29, 1.82) is 0 Å². The molecule has 0 saturated carbocycles. The molecule has 1 aliphatic rings. The van der Waals surface area contributed by atoms with E-state index >= 15 is 0 Å². The van der Waals surface area contributed by atoms with Gasteiger partial charge in [-0.25, -0.2) is 0 Å². The molecule has 1 saturated heterocycles. The van der Waals surface area contributed by atoms with Crippen molar-refractivity contribution in [2.24, 2.45) is 0 Å². The van der Waals surface area contributed by atoms with Gasteiger partial charge in [-0.3, -0.25) is 4.68 Å². The third-order valence-electron chi connectivity index (χ3n) is 3.74. The summed E-state index contributed by atoms with van der Waals surface area (Å²) in [6, 6.07) is 3.60. The molecule has 0 bridgehead atoms. The zero-order valence-electron chi connectivity index (χ0n) is 11.4. The summed E-state index contributed by atoms with van der Waals surface area (Å²) in [5.41, 5.74) is 2.63. The molecule has 0 aliphatic carbocycles. The summed E-state index contributed by atoms with van der Waals surface area (Å²) in [4.78, 5) is 0. The van der Waals surface area contributed by atoms with E-state index in [4.69, 9.17) is 0 Å². The summed E-state index contributed by atoms with van der Waals surface area (Å²) in [6.07, 6.45) is 6.16. The number of nitrogens with one attached hydrogen (secondary N) is 1. The Labute approximate surface area is 105 Å². The van der Waals surface area contributed by atoms with Gasteiger partial charge in [0, 0.05) is 30.7 Å². The second kappa shape index (κ2) is 5.67. The van der Waals surface area contributed by atoms with Crippen molar-refractivity contribution in [2.75, 3.05) is 0 Å². The van der Waals surface area contributed by atoms with Crippen molar-refractivity contribution in [1.82, 2.24) is 15.1 Å². The number of hydrogen-bond donors (Lipinski definition) is 1. The summed E-state index contributed by atoms with van der Waals surface area (Å²) in [5.74, 6) is 0. The molecule has 1 N–H and O–H groups in total. The summed E-state index contributed by atoms with van der Waals surface area (Å²) in [7, 11) is 0. The van der Waals surface area contributed by atoms with Crippen molar-refractivity contribution in [3.63, 3.8) is 0 Å². The van der Waals surface area contributed by atoms with Crippen molar-refractivity contribution < 1.29 is 0 Å². The maximum atomic E-state index is 4.62. The van der Waals surface area contributed by atoms with Gasteiger partial charge in [0.1, 0.15) is 0 Å². The number of aryl methyl sites for hydroxylation is 2. The predicted octanol–water partition coefficient (Wildman–Crippen LogP) is 2.54. The Morgan fingerprint density at radius 1 is 1.41 bits per heavy atom. The Bertz CT molecular complexity index is 356. The monoisotopic (exact) mass is 235 g/mol. The van der Waals surface area contributed by atoms with Crippen LogP contribution in [0.2, 0.25) is 0 Å². The Kier molecular flexibility index (Phi) is 4.21. The van der Waals surface area contributed by atoms with Gasteiger partial charge < -0.3 is 5.32 Å². The largest absolute Gasteiger partial charge is 0.311 e. The predicted molar refractivity (Wildman–Crippen MR) is 71.2 cm³/mol. The SMILES string of the molecule is CCc1cc(CC2CCCC(C)N2)n(CC)n1. The van der Waals surface area contributed by atoms with Gasteiger partial charge in [-0.05, 0) is 39.2 Å². The van der Waals surface area contributed by atoms with Crippen LogP contribution in [0.5, 0.6) is 0 Å². The lowest BCUT2D eigenvalue weighted by Crippen LogP contribution is -2.42. The first kappa shape index (κ1) is 12.6.